The van der Waals surface area contributed by atoms with Gasteiger partial charge >= 0.3 is 57.4 Å². The zero-order valence-corrected chi connectivity index (χ0v) is 13.3. The number of nitrogens with two attached hydrogens (primary N) is 1. The van der Waals surface area contributed by atoms with Gasteiger partial charge in [0.05, 0.1) is 7.11 Å². The molecule has 0 amide bonds. The second-order valence-corrected chi connectivity index (χ2v) is 3.73. The molecule has 0 aromatic carbocycles. The van der Waals surface area contributed by atoms with Gasteiger partial charge in [0.2, 0.25) is 0 Å². The number of hydrogen-bond acceptors (Lipinski definition) is 4. The van der Waals surface area contributed by atoms with Gasteiger partial charge in [-0.15, -0.1) is 12.6 Å². The van der Waals surface area contributed by atoms with E-state index in [1.807, 2.05) is 0 Å². The number of thiocarbonyl (C=S) groups is 1. The van der Waals surface area contributed by atoms with Gasteiger partial charge in [-0.1, -0.05) is 12.2 Å². The van der Waals surface area contributed by atoms with Crippen LogP contribution in [0.4, 0.5) is 0 Å². The van der Waals surface area contributed by atoms with E-state index in [2.05, 4.69) is 34.9 Å². The van der Waals surface area contributed by atoms with E-state index >= 15 is 0 Å². The van der Waals surface area contributed by atoms with E-state index in [1.54, 1.807) is 0 Å². The van der Waals surface area contributed by atoms with Crippen LogP contribution in [0.1, 0.15) is 14.3 Å². The molecule has 0 unspecified atom stereocenters. The first-order chi connectivity index (χ1) is 6.07. The van der Waals surface area contributed by atoms with Crippen LogP contribution in [0.2, 0.25) is 0 Å². The van der Waals surface area contributed by atoms with Crippen molar-refractivity contribution in [3.63, 3.8) is 0 Å². The number of ether oxygens (including phenoxy) is 1. The van der Waals surface area contributed by atoms with Crippen molar-refractivity contribution in [2.45, 2.75) is 18.9 Å². The van der Waals surface area contributed by atoms with Crippen molar-refractivity contribution >= 4 is 35.1 Å². The van der Waals surface area contributed by atoms with E-state index < -0.39 is 0 Å². The quantitative estimate of drug-likeness (QED) is 0.206. The molecular formula is C7H15KN2O2S2. The number of carbonyl (C=O) groups excluding carboxylic acids is 1. The Labute approximate surface area is 139 Å². The Morgan fingerprint density at radius 2 is 2.29 bits per heavy atom. The summed E-state index contributed by atoms with van der Waals surface area (Å²) in [4.78, 5) is 10.7. The third kappa shape index (κ3) is 9.85. The van der Waals surface area contributed by atoms with Crippen molar-refractivity contribution in [3.05, 3.63) is 0 Å². The van der Waals surface area contributed by atoms with E-state index in [1.165, 1.54) is 7.11 Å². The van der Waals surface area contributed by atoms with Crippen molar-refractivity contribution < 1.29 is 62.3 Å². The molecule has 1 saturated heterocycles. The summed E-state index contributed by atoms with van der Waals surface area (Å²) in [6, 6.07) is -0.0324. The molecule has 0 radical (unpaired) electrons. The van der Waals surface area contributed by atoms with E-state index in [4.69, 9.17) is 5.73 Å². The summed E-state index contributed by atoms with van der Waals surface area (Å²) < 4.78 is 4.73. The number of hydrogen-bond donors (Lipinski definition) is 3. The van der Waals surface area contributed by atoms with Gasteiger partial charge < -0.3 is 17.2 Å². The third-order valence-electron chi connectivity index (χ3n) is 1.55. The summed E-state index contributed by atoms with van der Waals surface area (Å²) in [5, 5.41) is 3.03. The Balaban J connectivity index is -0.000000213. The molecule has 1 heterocycles. The number of thiol groups is 1. The normalized spacial score (nSPS) is 18.6. The van der Waals surface area contributed by atoms with Gasteiger partial charge in [0.25, 0.3) is 0 Å². The molecule has 0 spiro atoms. The number of rotatable bonds is 1. The smallest absolute Gasteiger partial charge is 1.00 e. The fraction of sp³-hybridized carbons (Fsp3) is 0.714. The van der Waals surface area contributed by atoms with Crippen LogP contribution in [0.3, 0.4) is 0 Å². The van der Waals surface area contributed by atoms with E-state index in [9.17, 15) is 4.79 Å². The Kier molecular flexibility index (Phi) is 13.7. The van der Waals surface area contributed by atoms with Crippen molar-refractivity contribution in [2.75, 3.05) is 13.7 Å². The number of nitrogens with one attached hydrogen (secondary N) is 1. The molecule has 0 aliphatic carbocycles. The van der Waals surface area contributed by atoms with Crippen LogP contribution in [0, 0.1) is 0 Å². The molecule has 1 fully saturated rings. The van der Waals surface area contributed by atoms with E-state index in [0.29, 0.717) is 0 Å². The number of esters is 1. The second kappa shape index (κ2) is 10.8. The molecule has 0 aromatic rings. The molecule has 1 aliphatic rings. The van der Waals surface area contributed by atoms with Gasteiger partial charge in [0.1, 0.15) is 10.4 Å². The molecule has 0 saturated carbocycles. The van der Waals surface area contributed by atoms with Gasteiger partial charge in [-0.25, -0.2) is 0 Å². The van der Waals surface area contributed by atoms with Gasteiger partial charge in [0.15, 0.2) is 0 Å². The van der Waals surface area contributed by atoms with Crippen LogP contribution >= 0.6 is 24.8 Å². The first kappa shape index (κ1) is 17.7. The molecule has 1 rings (SSSR count). The average molecular weight is 262 g/mol. The van der Waals surface area contributed by atoms with Gasteiger partial charge in [-0.05, 0) is 19.4 Å². The zero-order chi connectivity index (χ0) is 10.3. The average Bonchev–Trinajstić information content (AvgIpc) is 2.54. The molecule has 7 heteroatoms. The molecule has 0 aromatic heterocycles. The predicted molar refractivity (Wildman–Crippen MR) is 59.9 cm³/mol. The summed E-state index contributed by atoms with van der Waals surface area (Å²) in [6.07, 6.45) is 2.01. The standard InChI is InChI=1S/C6H11NO2.CH3NS2.K.H/c1-9-6(8)5-3-2-4-7-5;2-1(3)4;;/h5,7H,2-4H2,1H3;(H3,2,3,4);;/q;;+1;-1/t5-;;;/m0.../s1. The Morgan fingerprint density at radius 3 is 2.57 bits per heavy atom. The Hall–Kier alpha value is 1.31. The summed E-state index contributed by atoms with van der Waals surface area (Å²) in [6.45, 7) is 0.944. The molecule has 1 atom stereocenters. The number of methoxy groups -OCH3 is 1. The molecule has 78 valence electrons. The van der Waals surface area contributed by atoms with Crippen molar-refractivity contribution in [1.82, 2.24) is 5.32 Å². The summed E-state index contributed by atoms with van der Waals surface area (Å²) >= 11 is 7.65. The maximum atomic E-state index is 10.7. The maximum Gasteiger partial charge on any atom is 1.00 e. The third-order valence-corrected chi connectivity index (χ3v) is 1.55. The first-order valence-corrected chi connectivity index (χ1v) is 4.73. The minimum absolute atomic E-state index is 0. The monoisotopic (exact) mass is 262 g/mol. The summed E-state index contributed by atoms with van der Waals surface area (Å²) in [5.74, 6) is -0.132. The molecule has 4 nitrogen and oxygen atoms in total. The van der Waals surface area contributed by atoms with Crippen molar-refractivity contribution in [1.29, 1.82) is 0 Å². The second-order valence-electron chi connectivity index (χ2n) is 2.51. The Morgan fingerprint density at radius 1 is 1.79 bits per heavy atom. The minimum atomic E-state index is -0.132. The maximum absolute atomic E-state index is 10.7. The largest absolute Gasteiger partial charge is 1.00 e. The molecule has 1 aliphatic heterocycles. The minimum Gasteiger partial charge on any atom is -1.00 e. The van der Waals surface area contributed by atoms with E-state index in [-0.39, 0.29) is 69.1 Å². The van der Waals surface area contributed by atoms with Crippen molar-refractivity contribution in [3.8, 4) is 0 Å². The summed E-state index contributed by atoms with van der Waals surface area (Å²) in [7, 11) is 1.42. The SMILES string of the molecule is COC(=O)[C@@H]1CCCN1.NC(=S)S.[H-].[K+]. The zero-order valence-electron chi connectivity index (χ0n) is 9.45. The fourth-order valence-electron chi connectivity index (χ4n) is 1.03. The van der Waals surface area contributed by atoms with E-state index in [0.717, 1.165) is 19.4 Å². The fourth-order valence-corrected chi connectivity index (χ4v) is 1.03. The van der Waals surface area contributed by atoms with Crippen LogP contribution < -0.4 is 62.4 Å². The topological polar surface area (TPSA) is 64.3 Å². The van der Waals surface area contributed by atoms with Crippen LogP contribution in [0.25, 0.3) is 0 Å². The first-order valence-electron chi connectivity index (χ1n) is 3.87. The van der Waals surface area contributed by atoms with Crippen molar-refractivity contribution in [2.24, 2.45) is 5.73 Å². The van der Waals surface area contributed by atoms with Gasteiger partial charge in [-0.3, -0.25) is 4.79 Å². The van der Waals surface area contributed by atoms with Crippen LogP contribution in [-0.2, 0) is 9.53 Å². The number of carbonyl (C=O) groups is 1. The Bertz CT molecular complexity index is 188. The van der Waals surface area contributed by atoms with Gasteiger partial charge in [0, 0.05) is 0 Å². The van der Waals surface area contributed by atoms with Crippen LogP contribution in [0.5, 0.6) is 0 Å². The van der Waals surface area contributed by atoms with Crippen LogP contribution in [0.15, 0.2) is 0 Å². The molecular weight excluding hydrogens is 247 g/mol. The molecule has 0 bridgehead atoms. The summed E-state index contributed by atoms with van der Waals surface area (Å²) in [5.41, 5.74) is 4.71. The molecule has 14 heavy (non-hydrogen) atoms. The van der Waals surface area contributed by atoms with Crippen LogP contribution in [-0.4, -0.2) is 30.0 Å². The predicted octanol–water partition coefficient (Wildman–Crippen LogP) is -2.81. The van der Waals surface area contributed by atoms with Gasteiger partial charge in [-0.2, -0.15) is 0 Å². The molecule has 3 N–H and O–H groups in total.